The number of hydrogen-bond donors (Lipinski definition) is 4. The Balaban J connectivity index is 1.51. The van der Waals surface area contributed by atoms with Crippen LogP contribution >= 0.6 is 0 Å². The van der Waals surface area contributed by atoms with E-state index in [1.165, 1.54) is 7.11 Å². The summed E-state index contributed by atoms with van der Waals surface area (Å²) in [4.78, 5) is 39.5. The number of methoxy groups -OCH3 is 1. The maximum absolute atomic E-state index is 13.3. The van der Waals surface area contributed by atoms with Crippen LogP contribution in [0.4, 0.5) is 0 Å². The van der Waals surface area contributed by atoms with Gasteiger partial charge >= 0.3 is 17.9 Å². The quantitative estimate of drug-likeness (QED) is 0.239. The van der Waals surface area contributed by atoms with Gasteiger partial charge < -0.3 is 48.8 Å². The topological polar surface area (TPSA) is 188 Å². The first-order valence-electron chi connectivity index (χ1n) is 14.1. The van der Waals surface area contributed by atoms with Gasteiger partial charge in [0.1, 0.15) is 36.6 Å². The molecule has 11 atom stereocenters. The minimum Gasteiger partial charge on any atom is -0.472 e. The van der Waals surface area contributed by atoms with E-state index in [2.05, 4.69) is 0 Å². The first kappa shape index (κ1) is 31.6. The second-order valence-electron chi connectivity index (χ2n) is 10.8. The monoisotopic (exact) mass is 614 g/mol. The van der Waals surface area contributed by atoms with Crippen LogP contribution in [-0.4, -0.2) is 101 Å². The average molecular weight is 615 g/mol. The number of ether oxygens (including phenoxy) is 6. The van der Waals surface area contributed by atoms with Gasteiger partial charge in [0, 0.05) is 17.8 Å². The number of aliphatic hydroxyl groups excluding tert-OH is 4. The standard InChI is InChI=1S/C31H34O13/c1-15-20-21(18(29(38)39-2)14-40-30(20)44-31-24(35)23(34)22(33)19(13-32)41-31)26(43-28(37)17-11-7-4-8-12-17)25(15)42-27(36)16-9-5-3-6-10-16/h3-12,14-15,19-26,30-35H,13H2,1-2H3/t15-,19-,20-,21-,22-,23+,24-,25-,26+,30+,31+/m1/s1. The summed E-state index contributed by atoms with van der Waals surface area (Å²) in [6.45, 7) is 1.02. The number of esters is 3. The van der Waals surface area contributed by atoms with E-state index in [1.807, 2.05) is 0 Å². The third-order valence-corrected chi connectivity index (χ3v) is 8.26. The first-order chi connectivity index (χ1) is 21.2. The zero-order chi connectivity index (χ0) is 31.5. The molecule has 2 aliphatic heterocycles. The van der Waals surface area contributed by atoms with E-state index in [9.17, 15) is 34.8 Å². The molecular weight excluding hydrogens is 580 g/mol. The molecule has 0 radical (unpaired) electrons. The molecule has 5 rings (SSSR count). The highest BCUT2D eigenvalue weighted by molar-refractivity contribution is 5.91. The van der Waals surface area contributed by atoms with Crippen molar-refractivity contribution in [2.24, 2.45) is 17.8 Å². The van der Waals surface area contributed by atoms with Crippen molar-refractivity contribution in [3.63, 3.8) is 0 Å². The van der Waals surface area contributed by atoms with E-state index in [0.717, 1.165) is 6.26 Å². The molecular formula is C31H34O13. The average Bonchev–Trinajstić information content (AvgIpc) is 3.32. The Morgan fingerprint density at radius 3 is 1.89 bits per heavy atom. The minimum atomic E-state index is -1.74. The van der Waals surface area contributed by atoms with Gasteiger partial charge in [-0.25, -0.2) is 14.4 Å². The van der Waals surface area contributed by atoms with Crippen molar-refractivity contribution in [1.29, 1.82) is 0 Å². The number of fused-ring (bicyclic) bond motifs is 1. The third-order valence-electron chi connectivity index (χ3n) is 8.26. The summed E-state index contributed by atoms with van der Waals surface area (Å²) in [5.74, 6) is -4.74. The normalized spacial score (nSPS) is 34.6. The van der Waals surface area contributed by atoms with Crippen LogP contribution in [-0.2, 0) is 33.2 Å². The lowest BCUT2D eigenvalue weighted by Gasteiger charge is -2.43. The maximum atomic E-state index is 13.3. The highest BCUT2D eigenvalue weighted by Gasteiger charge is 2.61. The van der Waals surface area contributed by atoms with Crippen molar-refractivity contribution >= 4 is 17.9 Å². The number of hydrogen-bond acceptors (Lipinski definition) is 13. The molecule has 1 saturated carbocycles. The molecule has 0 amide bonds. The molecule has 1 saturated heterocycles. The molecule has 13 nitrogen and oxygen atoms in total. The van der Waals surface area contributed by atoms with Gasteiger partial charge in [0.15, 0.2) is 6.29 Å². The fourth-order valence-electron chi connectivity index (χ4n) is 5.96. The SMILES string of the molecule is COC(=O)C1=CO[C@@H](O[C@@H]2O[C@H](CO)[C@@H](O)[C@H](O)[C@H]2O)[C@@H]2[C@@H](C)[C@@H](OC(=O)c3ccccc3)[C@@H](OC(=O)c3ccccc3)[C@H]12. The van der Waals surface area contributed by atoms with Gasteiger partial charge in [-0.15, -0.1) is 0 Å². The highest BCUT2D eigenvalue weighted by Crippen LogP contribution is 2.50. The molecule has 0 bridgehead atoms. The molecule has 236 valence electrons. The van der Waals surface area contributed by atoms with Gasteiger partial charge in [0.25, 0.3) is 0 Å². The zero-order valence-electron chi connectivity index (χ0n) is 23.9. The summed E-state index contributed by atoms with van der Waals surface area (Å²) in [6.07, 6.45) is -10.4. The second-order valence-corrected chi connectivity index (χ2v) is 10.8. The Hall–Kier alpha value is -3.85. The number of carbonyl (C=O) groups excluding carboxylic acids is 3. The number of aliphatic hydroxyl groups is 4. The smallest absolute Gasteiger partial charge is 0.338 e. The third kappa shape index (κ3) is 6.07. The molecule has 0 aromatic heterocycles. The van der Waals surface area contributed by atoms with Crippen LogP contribution in [0.2, 0.25) is 0 Å². The Kier molecular flexibility index (Phi) is 9.63. The summed E-state index contributed by atoms with van der Waals surface area (Å²) >= 11 is 0. The summed E-state index contributed by atoms with van der Waals surface area (Å²) in [5.41, 5.74) is 0.459. The Labute approximate surface area is 252 Å². The van der Waals surface area contributed by atoms with Gasteiger partial charge in [-0.2, -0.15) is 0 Å². The van der Waals surface area contributed by atoms with Crippen LogP contribution < -0.4 is 0 Å². The van der Waals surface area contributed by atoms with Crippen molar-refractivity contribution in [3.05, 3.63) is 83.6 Å². The lowest BCUT2D eigenvalue weighted by Crippen LogP contribution is -2.60. The predicted octanol–water partition coefficient (Wildman–Crippen LogP) is 0.549. The van der Waals surface area contributed by atoms with E-state index in [0.29, 0.717) is 0 Å². The number of carbonyl (C=O) groups is 3. The van der Waals surface area contributed by atoms with Crippen molar-refractivity contribution in [2.45, 2.75) is 56.1 Å². The molecule has 2 aromatic rings. The van der Waals surface area contributed by atoms with Crippen molar-refractivity contribution in [1.82, 2.24) is 0 Å². The summed E-state index contributed by atoms with van der Waals surface area (Å²) in [6, 6.07) is 16.3. The van der Waals surface area contributed by atoms with Crippen LogP contribution in [0.5, 0.6) is 0 Å². The number of rotatable bonds is 8. The Bertz CT molecular complexity index is 1350. The fraction of sp³-hybridized carbons (Fsp3) is 0.452. The van der Waals surface area contributed by atoms with Crippen LogP contribution in [0.15, 0.2) is 72.5 Å². The lowest BCUT2D eigenvalue weighted by molar-refractivity contribution is -0.343. The molecule has 2 aromatic carbocycles. The fourth-order valence-corrected chi connectivity index (χ4v) is 5.96. The molecule has 44 heavy (non-hydrogen) atoms. The molecule has 1 aliphatic carbocycles. The molecule has 2 fully saturated rings. The zero-order valence-corrected chi connectivity index (χ0v) is 23.9. The molecule has 0 unspecified atom stereocenters. The van der Waals surface area contributed by atoms with Gasteiger partial charge in [0.05, 0.1) is 36.7 Å². The molecule has 0 spiro atoms. The molecule has 13 heteroatoms. The van der Waals surface area contributed by atoms with Crippen LogP contribution in [0, 0.1) is 17.8 Å². The highest BCUT2D eigenvalue weighted by atomic mass is 16.8. The van der Waals surface area contributed by atoms with Crippen LogP contribution in [0.3, 0.4) is 0 Å². The second kappa shape index (κ2) is 13.4. The summed E-state index contributed by atoms with van der Waals surface area (Å²) < 4.78 is 34.2. The van der Waals surface area contributed by atoms with E-state index in [1.54, 1.807) is 67.6 Å². The number of benzene rings is 2. The van der Waals surface area contributed by atoms with E-state index in [4.69, 9.17) is 28.4 Å². The molecule has 4 N–H and O–H groups in total. The molecule has 2 heterocycles. The van der Waals surface area contributed by atoms with Crippen LogP contribution in [0.25, 0.3) is 0 Å². The summed E-state index contributed by atoms with van der Waals surface area (Å²) in [7, 11) is 1.17. The van der Waals surface area contributed by atoms with Crippen molar-refractivity contribution < 1.29 is 63.2 Å². The maximum Gasteiger partial charge on any atom is 0.338 e. The lowest BCUT2D eigenvalue weighted by atomic mass is 9.82. The van der Waals surface area contributed by atoms with Crippen molar-refractivity contribution in [2.75, 3.05) is 13.7 Å². The first-order valence-corrected chi connectivity index (χ1v) is 14.1. The largest absolute Gasteiger partial charge is 0.472 e. The van der Waals surface area contributed by atoms with E-state index < -0.39 is 91.5 Å². The van der Waals surface area contributed by atoms with E-state index >= 15 is 0 Å². The minimum absolute atomic E-state index is 0.0119. The van der Waals surface area contributed by atoms with Gasteiger partial charge in [-0.3, -0.25) is 0 Å². The van der Waals surface area contributed by atoms with Gasteiger partial charge in [-0.05, 0) is 24.3 Å². The molecule has 3 aliphatic rings. The predicted molar refractivity (Wildman–Crippen MR) is 147 cm³/mol. The van der Waals surface area contributed by atoms with Crippen molar-refractivity contribution in [3.8, 4) is 0 Å². The van der Waals surface area contributed by atoms with Gasteiger partial charge in [0.2, 0.25) is 6.29 Å². The Morgan fingerprint density at radius 1 is 0.773 bits per heavy atom. The Morgan fingerprint density at radius 2 is 1.34 bits per heavy atom. The van der Waals surface area contributed by atoms with E-state index in [-0.39, 0.29) is 16.7 Å². The summed E-state index contributed by atoms with van der Waals surface area (Å²) in [5, 5.41) is 40.7. The van der Waals surface area contributed by atoms with Crippen LogP contribution in [0.1, 0.15) is 27.6 Å². The van der Waals surface area contributed by atoms with Gasteiger partial charge in [-0.1, -0.05) is 43.3 Å².